The monoisotopic (exact) mass is 650 g/mol. The molecule has 0 aliphatic heterocycles. The van der Waals surface area contributed by atoms with E-state index in [1.165, 1.54) is 49.4 Å². The van der Waals surface area contributed by atoms with Gasteiger partial charge in [-0.3, -0.25) is 9.97 Å². The highest BCUT2D eigenvalue weighted by atomic mass is 32.1. The Hall–Kier alpha value is -5.82. The van der Waals surface area contributed by atoms with Crippen molar-refractivity contribution in [2.45, 2.75) is 0 Å². The second-order valence-corrected chi connectivity index (χ2v) is 13.3. The fourth-order valence-electron chi connectivity index (χ4n) is 6.57. The first kappa shape index (κ1) is 28.4. The molecule has 0 bridgehead atoms. The Kier molecular flexibility index (Phi) is 7.15. The third kappa shape index (κ3) is 5.08. The zero-order chi connectivity index (χ0) is 31.9. The highest BCUT2D eigenvalue weighted by molar-refractivity contribution is 7.13. The lowest BCUT2D eigenvalue weighted by atomic mass is 9.85. The molecule has 0 aliphatic carbocycles. The van der Waals surface area contributed by atoms with Crippen molar-refractivity contribution in [3.63, 3.8) is 0 Å². The molecule has 6 heteroatoms. The largest absolute Gasteiger partial charge is 0.254 e. The van der Waals surface area contributed by atoms with Gasteiger partial charge in [-0.15, -0.1) is 22.7 Å². The van der Waals surface area contributed by atoms with Crippen molar-refractivity contribution in [2.24, 2.45) is 0 Å². The summed E-state index contributed by atoms with van der Waals surface area (Å²) in [5.41, 5.74) is 11.1. The summed E-state index contributed by atoms with van der Waals surface area (Å²) in [4.78, 5) is 18.5. The summed E-state index contributed by atoms with van der Waals surface area (Å²) in [5.74, 6) is 0. The normalized spacial score (nSPS) is 11.3. The van der Waals surface area contributed by atoms with Crippen LogP contribution in [0.15, 0.2) is 157 Å². The standard InChI is InChI=1S/C42H26N4S2/c1-2-6-27(7-3-1)28-10-12-29(13-11-28)30-14-15-35-36(24-30)40(32-17-19-44-38(26-32)42-46-21-23-48-42)34-9-5-4-8-33(34)39(35)31-16-18-43-37(25-31)41-45-20-22-47-41/h1-26H. The number of thiazole rings is 2. The van der Waals surface area contributed by atoms with Crippen LogP contribution in [0.5, 0.6) is 0 Å². The summed E-state index contributed by atoms with van der Waals surface area (Å²) in [6, 6.07) is 43.6. The molecule has 0 amide bonds. The van der Waals surface area contributed by atoms with Crippen LogP contribution in [0, 0.1) is 0 Å². The van der Waals surface area contributed by atoms with Crippen molar-refractivity contribution in [2.75, 3.05) is 0 Å². The van der Waals surface area contributed by atoms with Gasteiger partial charge in [0.15, 0.2) is 0 Å². The van der Waals surface area contributed by atoms with E-state index in [1.807, 2.05) is 35.5 Å². The maximum atomic E-state index is 4.70. The average Bonchev–Trinajstić information content (AvgIpc) is 3.90. The van der Waals surface area contributed by atoms with Gasteiger partial charge in [-0.25, -0.2) is 9.97 Å². The molecule has 9 rings (SSSR count). The van der Waals surface area contributed by atoms with E-state index in [9.17, 15) is 0 Å². The van der Waals surface area contributed by atoms with Gasteiger partial charge in [-0.05, 0) is 96.4 Å². The van der Waals surface area contributed by atoms with E-state index >= 15 is 0 Å². The zero-order valence-electron chi connectivity index (χ0n) is 25.6. The summed E-state index contributed by atoms with van der Waals surface area (Å²) in [6.45, 7) is 0. The summed E-state index contributed by atoms with van der Waals surface area (Å²) in [6.07, 6.45) is 7.46. The van der Waals surface area contributed by atoms with Gasteiger partial charge >= 0.3 is 0 Å². The summed E-state index contributed by atoms with van der Waals surface area (Å²) in [7, 11) is 0. The lowest BCUT2D eigenvalue weighted by molar-refractivity contribution is 1.29. The van der Waals surface area contributed by atoms with E-state index < -0.39 is 0 Å². The van der Waals surface area contributed by atoms with Crippen LogP contribution in [0.1, 0.15) is 0 Å². The van der Waals surface area contributed by atoms with E-state index in [0.29, 0.717) is 0 Å². The molecule has 0 fully saturated rings. The number of hydrogen-bond acceptors (Lipinski definition) is 6. The van der Waals surface area contributed by atoms with Crippen molar-refractivity contribution in [3.05, 3.63) is 157 Å². The van der Waals surface area contributed by atoms with Crippen LogP contribution >= 0.6 is 22.7 Å². The predicted octanol–water partition coefficient (Wildman–Crippen LogP) is 11.7. The zero-order valence-corrected chi connectivity index (χ0v) is 27.2. The predicted molar refractivity (Wildman–Crippen MR) is 201 cm³/mol. The molecule has 4 nitrogen and oxygen atoms in total. The maximum Gasteiger partial charge on any atom is 0.141 e. The summed E-state index contributed by atoms with van der Waals surface area (Å²) >= 11 is 3.20. The van der Waals surface area contributed by atoms with E-state index in [2.05, 4.69) is 136 Å². The Labute approximate surface area is 285 Å². The number of hydrogen-bond donors (Lipinski definition) is 0. The molecule has 226 valence electrons. The van der Waals surface area contributed by atoms with Crippen LogP contribution in [-0.2, 0) is 0 Å². The van der Waals surface area contributed by atoms with E-state index in [4.69, 9.17) is 4.98 Å². The van der Waals surface area contributed by atoms with Crippen LogP contribution in [-0.4, -0.2) is 19.9 Å². The molecule has 0 aliphatic rings. The maximum absolute atomic E-state index is 4.70. The smallest absolute Gasteiger partial charge is 0.141 e. The number of benzene rings is 5. The molecular formula is C42H26N4S2. The van der Waals surface area contributed by atoms with Crippen LogP contribution in [0.2, 0.25) is 0 Å². The SMILES string of the molecule is c1ccc(-c2ccc(-c3ccc4c(-c5ccnc(-c6nccs6)c5)c5ccccc5c(-c5ccnc(-c6nccs6)c5)c4c3)cc2)cc1. The van der Waals surface area contributed by atoms with Crippen LogP contribution in [0.3, 0.4) is 0 Å². The molecule has 48 heavy (non-hydrogen) atoms. The van der Waals surface area contributed by atoms with E-state index in [1.54, 1.807) is 22.7 Å². The lowest BCUT2D eigenvalue weighted by Crippen LogP contribution is -1.93. The molecule has 0 saturated heterocycles. The van der Waals surface area contributed by atoms with Crippen molar-refractivity contribution < 1.29 is 0 Å². The van der Waals surface area contributed by atoms with Crippen LogP contribution in [0.25, 0.3) is 87.5 Å². The first-order chi connectivity index (χ1) is 23.8. The molecule has 0 atom stereocenters. The third-order valence-electron chi connectivity index (χ3n) is 8.75. The molecule has 0 N–H and O–H groups in total. The van der Waals surface area contributed by atoms with Gasteiger partial charge in [0.1, 0.15) is 10.0 Å². The molecule has 0 spiro atoms. The Morgan fingerprint density at radius 1 is 0.333 bits per heavy atom. The van der Waals surface area contributed by atoms with Crippen molar-refractivity contribution in [1.82, 2.24) is 19.9 Å². The van der Waals surface area contributed by atoms with Gasteiger partial charge in [-0.1, -0.05) is 91.0 Å². The minimum absolute atomic E-state index is 0.874. The molecule has 4 heterocycles. The third-order valence-corrected chi connectivity index (χ3v) is 10.3. The second-order valence-electron chi connectivity index (χ2n) is 11.5. The average molecular weight is 651 g/mol. The van der Waals surface area contributed by atoms with Gasteiger partial charge in [0, 0.05) is 35.5 Å². The highest BCUT2D eigenvalue weighted by Crippen LogP contribution is 2.45. The van der Waals surface area contributed by atoms with Gasteiger partial charge in [0.05, 0.1) is 11.4 Å². The Bertz CT molecular complexity index is 2540. The number of rotatable bonds is 6. The molecule has 4 aromatic heterocycles. The van der Waals surface area contributed by atoms with Gasteiger partial charge in [0.2, 0.25) is 0 Å². The minimum Gasteiger partial charge on any atom is -0.254 e. The first-order valence-corrected chi connectivity index (χ1v) is 17.4. The lowest BCUT2D eigenvalue weighted by Gasteiger charge is -2.19. The first-order valence-electron chi connectivity index (χ1n) is 15.7. The Balaban J connectivity index is 1.30. The van der Waals surface area contributed by atoms with Crippen molar-refractivity contribution >= 4 is 44.2 Å². The number of nitrogens with zero attached hydrogens (tertiary/aromatic N) is 4. The molecule has 9 aromatic rings. The fraction of sp³-hybridized carbons (Fsp3) is 0. The number of fused-ring (bicyclic) bond motifs is 2. The number of pyridine rings is 2. The van der Waals surface area contributed by atoms with Gasteiger partial charge in [0.25, 0.3) is 0 Å². The van der Waals surface area contributed by atoms with Crippen molar-refractivity contribution in [1.29, 1.82) is 0 Å². The summed E-state index contributed by atoms with van der Waals surface area (Å²) < 4.78 is 0. The Morgan fingerprint density at radius 2 is 0.812 bits per heavy atom. The van der Waals surface area contributed by atoms with E-state index in [-0.39, 0.29) is 0 Å². The molecule has 0 radical (unpaired) electrons. The van der Waals surface area contributed by atoms with Crippen LogP contribution in [0.4, 0.5) is 0 Å². The molecular weight excluding hydrogens is 625 g/mol. The van der Waals surface area contributed by atoms with E-state index in [0.717, 1.165) is 38.1 Å². The molecule has 5 aromatic carbocycles. The topological polar surface area (TPSA) is 51.6 Å². The highest BCUT2D eigenvalue weighted by Gasteiger charge is 2.19. The number of aromatic nitrogens is 4. The molecule has 0 unspecified atom stereocenters. The Morgan fingerprint density at radius 3 is 1.38 bits per heavy atom. The minimum atomic E-state index is 0.874. The van der Waals surface area contributed by atoms with Crippen molar-refractivity contribution in [3.8, 4) is 65.9 Å². The van der Waals surface area contributed by atoms with Gasteiger partial charge < -0.3 is 0 Å². The molecule has 0 saturated carbocycles. The second kappa shape index (κ2) is 12.1. The van der Waals surface area contributed by atoms with Crippen LogP contribution < -0.4 is 0 Å². The summed E-state index contributed by atoms with van der Waals surface area (Å²) in [5, 5.41) is 10.5. The van der Waals surface area contributed by atoms with Gasteiger partial charge in [-0.2, -0.15) is 0 Å². The fourth-order valence-corrected chi connectivity index (χ4v) is 7.78. The quantitative estimate of drug-likeness (QED) is 0.168.